The third-order valence-corrected chi connectivity index (χ3v) is 4.03. The molecule has 0 saturated heterocycles. The van der Waals surface area contributed by atoms with E-state index in [1.54, 1.807) is 0 Å². The van der Waals surface area contributed by atoms with E-state index in [4.69, 9.17) is 0 Å². The van der Waals surface area contributed by atoms with Crippen LogP contribution in [0.2, 0.25) is 0 Å². The van der Waals surface area contributed by atoms with E-state index in [-0.39, 0.29) is 0 Å². The molecule has 0 aliphatic rings. The van der Waals surface area contributed by atoms with Gasteiger partial charge in [0.15, 0.2) is 0 Å². The average Bonchev–Trinajstić information content (AvgIpc) is 2.38. The summed E-state index contributed by atoms with van der Waals surface area (Å²) in [5.41, 5.74) is 0. The zero-order valence-electron chi connectivity index (χ0n) is 13.5. The van der Waals surface area contributed by atoms with Crippen molar-refractivity contribution in [2.24, 2.45) is 0 Å². The van der Waals surface area contributed by atoms with E-state index < -0.39 is 0 Å². The van der Waals surface area contributed by atoms with Gasteiger partial charge in [-0.2, -0.15) is 0 Å². The van der Waals surface area contributed by atoms with Crippen LogP contribution in [0.5, 0.6) is 0 Å². The van der Waals surface area contributed by atoms with Gasteiger partial charge < -0.3 is 15.1 Å². The molecule has 0 spiro atoms. The zero-order chi connectivity index (χ0) is 14.0. The van der Waals surface area contributed by atoms with Crippen LogP contribution in [0.3, 0.4) is 0 Å². The van der Waals surface area contributed by atoms with Gasteiger partial charge >= 0.3 is 0 Å². The fourth-order valence-corrected chi connectivity index (χ4v) is 2.51. The Morgan fingerprint density at radius 1 is 0.944 bits per heavy atom. The molecule has 110 valence electrons. The van der Waals surface area contributed by atoms with Crippen LogP contribution in [0.15, 0.2) is 0 Å². The minimum absolute atomic E-state index is 0.608. The fourth-order valence-electron chi connectivity index (χ4n) is 2.51. The van der Waals surface area contributed by atoms with Gasteiger partial charge in [-0.05, 0) is 66.5 Å². The third kappa shape index (κ3) is 7.34. The molecule has 0 aliphatic heterocycles. The van der Waals surface area contributed by atoms with Gasteiger partial charge in [-0.1, -0.05) is 20.8 Å². The minimum atomic E-state index is 0.608. The molecule has 2 atom stereocenters. The van der Waals surface area contributed by atoms with Crippen molar-refractivity contribution in [3.8, 4) is 0 Å². The van der Waals surface area contributed by atoms with Gasteiger partial charge in [0, 0.05) is 12.1 Å². The average molecular weight is 257 g/mol. The van der Waals surface area contributed by atoms with Crippen LogP contribution in [0, 0.1) is 0 Å². The maximum atomic E-state index is 3.33. The van der Waals surface area contributed by atoms with Crippen molar-refractivity contribution in [1.29, 1.82) is 0 Å². The molecule has 0 rings (SSSR count). The van der Waals surface area contributed by atoms with Crippen LogP contribution < -0.4 is 5.32 Å². The predicted molar refractivity (Wildman–Crippen MR) is 82.3 cm³/mol. The van der Waals surface area contributed by atoms with E-state index in [0.717, 1.165) is 6.54 Å². The molecule has 0 aliphatic carbocycles. The number of hydrogen-bond donors (Lipinski definition) is 1. The highest BCUT2D eigenvalue weighted by Gasteiger charge is 2.14. The van der Waals surface area contributed by atoms with E-state index in [0.29, 0.717) is 12.1 Å². The van der Waals surface area contributed by atoms with E-state index in [1.807, 2.05) is 7.05 Å². The molecule has 3 nitrogen and oxygen atoms in total. The summed E-state index contributed by atoms with van der Waals surface area (Å²) in [6.07, 6.45) is 2.52. The lowest BCUT2D eigenvalue weighted by Gasteiger charge is -2.30. The maximum absolute atomic E-state index is 3.33. The van der Waals surface area contributed by atoms with Crippen LogP contribution in [0.25, 0.3) is 0 Å². The van der Waals surface area contributed by atoms with Crippen LogP contribution in [0.4, 0.5) is 0 Å². The molecule has 0 radical (unpaired) electrons. The highest BCUT2D eigenvalue weighted by atomic mass is 15.2. The molecule has 0 aromatic heterocycles. The van der Waals surface area contributed by atoms with Crippen LogP contribution >= 0.6 is 0 Å². The molecular weight excluding hydrogens is 222 g/mol. The second kappa shape index (κ2) is 10.8. The van der Waals surface area contributed by atoms with Gasteiger partial charge in [0.2, 0.25) is 0 Å². The molecule has 0 aromatic rings. The quantitative estimate of drug-likeness (QED) is 0.613. The van der Waals surface area contributed by atoms with Gasteiger partial charge in [0.05, 0.1) is 0 Å². The van der Waals surface area contributed by atoms with Crippen molar-refractivity contribution in [2.45, 2.75) is 59.5 Å². The molecule has 0 saturated carbocycles. The smallest absolute Gasteiger partial charge is 0.00815 e. The third-order valence-electron chi connectivity index (χ3n) is 4.03. The molecule has 0 fully saturated rings. The minimum Gasteiger partial charge on any atom is -0.317 e. The highest BCUT2D eigenvalue weighted by Crippen LogP contribution is 2.07. The van der Waals surface area contributed by atoms with Gasteiger partial charge in [-0.25, -0.2) is 0 Å². The Hall–Kier alpha value is -0.120. The van der Waals surface area contributed by atoms with E-state index in [2.05, 4.69) is 49.7 Å². The van der Waals surface area contributed by atoms with Crippen molar-refractivity contribution in [3.05, 3.63) is 0 Å². The summed E-state index contributed by atoms with van der Waals surface area (Å²) in [5.74, 6) is 0. The first kappa shape index (κ1) is 17.9. The van der Waals surface area contributed by atoms with E-state index in [1.165, 1.54) is 39.0 Å². The summed E-state index contributed by atoms with van der Waals surface area (Å²) in [6, 6.07) is 1.28. The Morgan fingerprint density at radius 2 is 1.56 bits per heavy atom. The molecule has 3 heteroatoms. The van der Waals surface area contributed by atoms with Gasteiger partial charge in [-0.15, -0.1) is 0 Å². The number of nitrogens with one attached hydrogen (secondary N) is 1. The molecule has 0 amide bonds. The summed E-state index contributed by atoms with van der Waals surface area (Å²) >= 11 is 0. The molecule has 1 N–H and O–H groups in total. The first-order chi connectivity index (χ1) is 8.58. The Balaban J connectivity index is 3.94. The van der Waals surface area contributed by atoms with Crippen LogP contribution in [-0.2, 0) is 0 Å². The zero-order valence-corrected chi connectivity index (χ0v) is 13.5. The monoisotopic (exact) mass is 257 g/mol. The van der Waals surface area contributed by atoms with Crippen molar-refractivity contribution >= 4 is 0 Å². The van der Waals surface area contributed by atoms with Crippen LogP contribution in [0.1, 0.15) is 47.5 Å². The first-order valence-electron chi connectivity index (χ1n) is 7.72. The second-order valence-electron chi connectivity index (χ2n) is 5.28. The van der Waals surface area contributed by atoms with Gasteiger partial charge in [0.1, 0.15) is 0 Å². The van der Waals surface area contributed by atoms with Crippen LogP contribution in [-0.4, -0.2) is 61.7 Å². The standard InChI is InChI=1S/C15H35N3/c1-7-17(8-2)11-10-12-18(9-3)15(5)13-14(4)16-6/h14-16H,7-13H2,1-6H3. The second-order valence-corrected chi connectivity index (χ2v) is 5.28. The highest BCUT2D eigenvalue weighted by molar-refractivity contribution is 4.72. The first-order valence-corrected chi connectivity index (χ1v) is 7.72. The van der Waals surface area contributed by atoms with Gasteiger partial charge in [-0.3, -0.25) is 0 Å². The lowest BCUT2D eigenvalue weighted by molar-refractivity contribution is 0.184. The number of rotatable bonds is 11. The predicted octanol–water partition coefficient (Wildman–Crippen LogP) is 2.43. The Bertz CT molecular complexity index is 181. The molecule has 0 aromatic carbocycles. The lowest BCUT2D eigenvalue weighted by Crippen LogP contribution is -2.39. The topological polar surface area (TPSA) is 18.5 Å². The summed E-state index contributed by atoms with van der Waals surface area (Å²) in [4.78, 5) is 5.12. The SMILES string of the molecule is CCN(CC)CCCN(CC)C(C)CC(C)NC. The lowest BCUT2D eigenvalue weighted by atomic mass is 10.1. The molecule has 0 bridgehead atoms. The summed E-state index contributed by atoms with van der Waals surface area (Å²) in [5, 5.41) is 3.33. The number of nitrogens with zero attached hydrogens (tertiary/aromatic N) is 2. The maximum Gasteiger partial charge on any atom is 0.00815 e. The molecule has 0 heterocycles. The normalized spacial score (nSPS) is 15.3. The Kier molecular flexibility index (Phi) is 10.7. The van der Waals surface area contributed by atoms with Gasteiger partial charge in [0.25, 0.3) is 0 Å². The van der Waals surface area contributed by atoms with E-state index >= 15 is 0 Å². The number of hydrogen-bond acceptors (Lipinski definition) is 3. The van der Waals surface area contributed by atoms with E-state index in [9.17, 15) is 0 Å². The Morgan fingerprint density at radius 3 is 2.00 bits per heavy atom. The fraction of sp³-hybridized carbons (Fsp3) is 1.00. The van der Waals surface area contributed by atoms with Crippen molar-refractivity contribution in [3.63, 3.8) is 0 Å². The largest absolute Gasteiger partial charge is 0.317 e. The van der Waals surface area contributed by atoms with Crippen molar-refractivity contribution in [1.82, 2.24) is 15.1 Å². The van der Waals surface area contributed by atoms with Crippen molar-refractivity contribution < 1.29 is 0 Å². The summed E-state index contributed by atoms with van der Waals surface area (Å²) in [6.45, 7) is 17.4. The molecule has 18 heavy (non-hydrogen) atoms. The summed E-state index contributed by atoms with van der Waals surface area (Å²) < 4.78 is 0. The van der Waals surface area contributed by atoms with Crippen molar-refractivity contribution in [2.75, 3.05) is 39.8 Å². The summed E-state index contributed by atoms with van der Waals surface area (Å²) in [7, 11) is 2.05. The molecular formula is C15H35N3. The molecule has 2 unspecified atom stereocenters. The Labute approximate surface area is 115 Å².